The van der Waals surface area contributed by atoms with Crippen molar-refractivity contribution in [1.29, 1.82) is 0 Å². The van der Waals surface area contributed by atoms with Gasteiger partial charge in [-0.2, -0.15) is 0 Å². The molecule has 3 rings (SSSR count). The summed E-state index contributed by atoms with van der Waals surface area (Å²) >= 11 is 0. The molecule has 1 heterocycles. The first-order valence-corrected chi connectivity index (χ1v) is 9.27. The maximum atomic E-state index is 12.6. The predicted molar refractivity (Wildman–Crippen MR) is 105 cm³/mol. The van der Waals surface area contributed by atoms with E-state index >= 15 is 0 Å². The Morgan fingerprint density at radius 1 is 1.12 bits per heavy atom. The van der Waals surface area contributed by atoms with E-state index in [0.717, 1.165) is 19.5 Å². The van der Waals surface area contributed by atoms with Crippen LogP contribution < -0.4 is 5.32 Å². The Morgan fingerprint density at radius 3 is 2.58 bits per heavy atom. The van der Waals surface area contributed by atoms with Crippen molar-refractivity contribution in [3.8, 4) is 11.1 Å². The minimum absolute atomic E-state index is 0.102. The Kier molecular flexibility index (Phi) is 5.62. The summed E-state index contributed by atoms with van der Waals surface area (Å²) in [5.41, 5.74) is 3.17. The molecule has 26 heavy (non-hydrogen) atoms. The third-order valence-electron chi connectivity index (χ3n) is 4.48. The molecule has 1 saturated heterocycles. The zero-order chi connectivity index (χ0) is 18.6. The molecule has 138 valence electrons. The summed E-state index contributed by atoms with van der Waals surface area (Å²) in [6.45, 7) is 7.99. The highest BCUT2D eigenvalue weighted by Crippen LogP contribution is 2.22. The number of nitrogens with zero attached hydrogens (tertiary/aromatic N) is 1. The van der Waals surface area contributed by atoms with Crippen molar-refractivity contribution in [2.45, 2.75) is 38.8 Å². The van der Waals surface area contributed by atoms with E-state index in [1.165, 1.54) is 16.7 Å². The van der Waals surface area contributed by atoms with E-state index in [9.17, 15) is 4.79 Å². The van der Waals surface area contributed by atoms with Gasteiger partial charge in [0.05, 0.1) is 6.04 Å². The minimum Gasteiger partial charge on any atom is -0.444 e. The van der Waals surface area contributed by atoms with Crippen LogP contribution in [0.5, 0.6) is 0 Å². The van der Waals surface area contributed by atoms with Gasteiger partial charge in [-0.05, 0) is 43.9 Å². The highest BCUT2D eigenvalue weighted by molar-refractivity contribution is 5.69. The van der Waals surface area contributed by atoms with Gasteiger partial charge in [-0.3, -0.25) is 0 Å². The number of rotatable bonds is 3. The highest BCUT2D eigenvalue weighted by Gasteiger charge is 2.30. The van der Waals surface area contributed by atoms with Crippen LogP contribution in [0.4, 0.5) is 4.79 Å². The summed E-state index contributed by atoms with van der Waals surface area (Å²) in [6.07, 6.45) is 0.593. The predicted octanol–water partition coefficient (Wildman–Crippen LogP) is 4.11. The van der Waals surface area contributed by atoms with E-state index in [2.05, 4.69) is 53.8 Å². The van der Waals surface area contributed by atoms with Crippen LogP contribution in [-0.2, 0) is 11.2 Å². The Balaban J connectivity index is 1.75. The maximum absolute atomic E-state index is 12.6. The fraction of sp³-hybridized carbons (Fsp3) is 0.409. The topological polar surface area (TPSA) is 41.6 Å². The molecular formula is C22H28N2O2. The summed E-state index contributed by atoms with van der Waals surface area (Å²) in [5, 5.41) is 3.40. The number of ether oxygens (including phenoxy) is 1. The number of amides is 1. The summed E-state index contributed by atoms with van der Waals surface area (Å²) in [4.78, 5) is 14.5. The second-order valence-corrected chi connectivity index (χ2v) is 7.80. The maximum Gasteiger partial charge on any atom is 0.410 e. The molecule has 0 bridgehead atoms. The second-order valence-electron chi connectivity index (χ2n) is 7.80. The van der Waals surface area contributed by atoms with Crippen LogP contribution in [0.3, 0.4) is 0 Å². The van der Waals surface area contributed by atoms with Gasteiger partial charge >= 0.3 is 6.09 Å². The average molecular weight is 352 g/mol. The molecule has 0 unspecified atom stereocenters. The number of carbonyl (C=O) groups excluding carboxylic acids is 1. The van der Waals surface area contributed by atoms with Crippen molar-refractivity contribution in [2.75, 3.05) is 19.6 Å². The second kappa shape index (κ2) is 7.92. The average Bonchev–Trinajstić information content (AvgIpc) is 2.62. The molecule has 0 spiro atoms. The van der Waals surface area contributed by atoms with Crippen LogP contribution >= 0.6 is 0 Å². The van der Waals surface area contributed by atoms with Crippen molar-refractivity contribution >= 4 is 6.09 Å². The van der Waals surface area contributed by atoms with Crippen molar-refractivity contribution < 1.29 is 9.53 Å². The zero-order valence-corrected chi connectivity index (χ0v) is 15.9. The third kappa shape index (κ3) is 4.85. The lowest BCUT2D eigenvalue weighted by Gasteiger charge is -2.37. The molecule has 2 aromatic carbocycles. The van der Waals surface area contributed by atoms with Gasteiger partial charge < -0.3 is 15.0 Å². The number of benzene rings is 2. The van der Waals surface area contributed by atoms with Crippen molar-refractivity contribution in [3.05, 3.63) is 60.2 Å². The zero-order valence-electron chi connectivity index (χ0n) is 15.9. The van der Waals surface area contributed by atoms with E-state index < -0.39 is 5.60 Å². The quantitative estimate of drug-likeness (QED) is 0.904. The van der Waals surface area contributed by atoms with Gasteiger partial charge in [0.15, 0.2) is 0 Å². The molecular weight excluding hydrogens is 324 g/mol. The molecule has 1 aliphatic heterocycles. The summed E-state index contributed by atoms with van der Waals surface area (Å²) in [7, 11) is 0. The lowest BCUT2D eigenvalue weighted by molar-refractivity contribution is 0.0122. The monoisotopic (exact) mass is 352 g/mol. The molecule has 4 heteroatoms. The van der Waals surface area contributed by atoms with Gasteiger partial charge in [0.1, 0.15) is 5.60 Å². The lowest BCUT2D eigenvalue weighted by Crippen LogP contribution is -2.55. The van der Waals surface area contributed by atoms with Crippen molar-refractivity contribution in [3.63, 3.8) is 0 Å². The van der Waals surface area contributed by atoms with Crippen LogP contribution in [-0.4, -0.2) is 42.3 Å². The van der Waals surface area contributed by atoms with Gasteiger partial charge in [0.2, 0.25) is 0 Å². The van der Waals surface area contributed by atoms with E-state index in [-0.39, 0.29) is 12.1 Å². The number of nitrogens with one attached hydrogen (secondary N) is 1. The van der Waals surface area contributed by atoms with Gasteiger partial charge in [0, 0.05) is 19.6 Å². The third-order valence-corrected chi connectivity index (χ3v) is 4.48. The highest BCUT2D eigenvalue weighted by atomic mass is 16.6. The first-order valence-electron chi connectivity index (χ1n) is 9.27. The Morgan fingerprint density at radius 2 is 1.85 bits per heavy atom. The molecule has 1 fully saturated rings. The van der Waals surface area contributed by atoms with E-state index in [1.54, 1.807) is 0 Å². The SMILES string of the molecule is CC(C)(C)OC(=O)N1CCNC[C@@H]1Cc1cccc(-c2ccccc2)c1. The molecule has 2 aromatic rings. The first-order chi connectivity index (χ1) is 12.4. The number of hydrogen-bond donors (Lipinski definition) is 1. The van der Waals surface area contributed by atoms with Crippen LogP contribution in [0, 0.1) is 0 Å². The molecule has 0 aliphatic carbocycles. The minimum atomic E-state index is -0.472. The van der Waals surface area contributed by atoms with Gasteiger partial charge in [-0.25, -0.2) is 4.79 Å². The van der Waals surface area contributed by atoms with E-state index in [4.69, 9.17) is 4.74 Å². The number of hydrogen-bond acceptors (Lipinski definition) is 3. The molecule has 1 aliphatic rings. The van der Waals surface area contributed by atoms with Crippen LogP contribution in [0.1, 0.15) is 26.3 Å². The van der Waals surface area contributed by atoms with Crippen LogP contribution in [0.25, 0.3) is 11.1 Å². The molecule has 4 nitrogen and oxygen atoms in total. The van der Waals surface area contributed by atoms with E-state index in [1.807, 2.05) is 31.7 Å². The van der Waals surface area contributed by atoms with Crippen LogP contribution in [0.2, 0.25) is 0 Å². The van der Waals surface area contributed by atoms with E-state index in [0.29, 0.717) is 6.54 Å². The van der Waals surface area contributed by atoms with Gasteiger partial charge in [-0.15, -0.1) is 0 Å². The van der Waals surface area contributed by atoms with Crippen molar-refractivity contribution in [2.24, 2.45) is 0 Å². The largest absolute Gasteiger partial charge is 0.444 e. The van der Waals surface area contributed by atoms with Gasteiger partial charge in [0.25, 0.3) is 0 Å². The summed E-state index contributed by atoms with van der Waals surface area (Å²) in [5.74, 6) is 0. The Labute approximate surface area is 156 Å². The summed E-state index contributed by atoms with van der Waals surface area (Å²) in [6, 6.07) is 19.0. The first kappa shape index (κ1) is 18.5. The molecule has 1 atom stereocenters. The van der Waals surface area contributed by atoms with Crippen molar-refractivity contribution in [1.82, 2.24) is 10.2 Å². The standard InChI is InChI=1S/C22H28N2O2/c1-22(2,3)26-21(25)24-13-12-23-16-20(24)15-17-8-7-11-19(14-17)18-9-5-4-6-10-18/h4-11,14,20,23H,12-13,15-16H2,1-3H3/t20-/m0/s1. The molecule has 1 amide bonds. The fourth-order valence-corrected chi connectivity index (χ4v) is 3.28. The molecule has 0 radical (unpaired) electrons. The number of carbonyl (C=O) groups is 1. The Bertz CT molecular complexity index is 737. The fourth-order valence-electron chi connectivity index (χ4n) is 3.28. The molecule has 1 N–H and O–H groups in total. The van der Waals surface area contributed by atoms with Gasteiger partial charge in [-0.1, -0.05) is 54.6 Å². The number of piperazine rings is 1. The molecule has 0 aromatic heterocycles. The molecule has 0 saturated carbocycles. The Hall–Kier alpha value is -2.33. The summed E-state index contributed by atoms with van der Waals surface area (Å²) < 4.78 is 5.60. The lowest BCUT2D eigenvalue weighted by atomic mass is 9.98. The smallest absolute Gasteiger partial charge is 0.410 e. The normalized spacial score (nSPS) is 17.8. The van der Waals surface area contributed by atoms with Crippen LogP contribution in [0.15, 0.2) is 54.6 Å².